The minimum atomic E-state index is -4.46. The Balaban J connectivity index is 1.54. The van der Waals surface area contributed by atoms with Crippen LogP contribution in [-0.4, -0.2) is 47.4 Å². The third-order valence-electron chi connectivity index (χ3n) is 6.43. The highest BCUT2D eigenvalue weighted by molar-refractivity contribution is 5.97. The van der Waals surface area contributed by atoms with Gasteiger partial charge in [0.1, 0.15) is 12.3 Å². The van der Waals surface area contributed by atoms with Crippen molar-refractivity contribution >= 4 is 11.8 Å². The Hall–Kier alpha value is -3.81. The van der Waals surface area contributed by atoms with Gasteiger partial charge in [-0.15, -0.1) is 0 Å². The topological polar surface area (TPSA) is 49.9 Å². The van der Waals surface area contributed by atoms with Crippen LogP contribution in [0, 0.1) is 0 Å². The molecule has 1 aliphatic rings. The minimum Gasteiger partial charge on any atom is -0.494 e. The van der Waals surface area contributed by atoms with E-state index in [4.69, 9.17) is 4.74 Å². The van der Waals surface area contributed by atoms with Crippen LogP contribution in [0.25, 0.3) is 0 Å². The van der Waals surface area contributed by atoms with Gasteiger partial charge in [0.05, 0.1) is 18.2 Å². The van der Waals surface area contributed by atoms with Gasteiger partial charge >= 0.3 is 6.18 Å². The fourth-order valence-corrected chi connectivity index (χ4v) is 4.56. The van der Waals surface area contributed by atoms with Crippen molar-refractivity contribution in [2.75, 3.05) is 19.7 Å². The molecule has 2 amide bonds. The van der Waals surface area contributed by atoms with Crippen molar-refractivity contribution in [1.82, 2.24) is 9.80 Å². The van der Waals surface area contributed by atoms with Gasteiger partial charge in [0.15, 0.2) is 0 Å². The van der Waals surface area contributed by atoms with E-state index in [2.05, 4.69) is 0 Å². The average Bonchev–Trinajstić information content (AvgIpc) is 2.89. The van der Waals surface area contributed by atoms with Crippen LogP contribution in [0.4, 0.5) is 13.2 Å². The second-order valence-electron chi connectivity index (χ2n) is 9.04. The summed E-state index contributed by atoms with van der Waals surface area (Å²) in [7, 11) is 0. The van der Waals surface area contributed by atoms with E-state index in [9.17, 15) is 22.8 Å². The average molecular weight is 511 g/mol. The first-order chi connectivity index (χ1) is 17.7. The molecule has 0 aliphatic carbocycles. The number of benzene rings is 3. The number of carbonyl (C=O) groups excluding carboxylic acids is 2. The second kappa shape index (κ2) is 11.5. The lowest BCUT2D eigenvalue weighted by Gasteiger charge is -2.41. The van der Waals surface area contributed by atoms with E-state index in [1.165, 1.54) is 11.0 Å². The van der Waals surface area contributed by atoms with Crippen molar-refractivity contribution in [3.05, 3.63) is 101 Å². The molecule has 1 fully saturated rings. The molecule has 3 aromatic rings. The monoisotopic (exact) mass is 510 g/mol. The summed E-state index contributed by atoms with van der Waals surface area (Å²) in [6.45, 7) is 2.60. The molecule has 0 saturated carbocycles. The van der Waals surface area contributed by atoms with E-state index in [1.54, 1.807) is 35.2 Å². The molecule has 1 aliphatic heterocycles. The Labute approximate surface area is 214 Å². The lowest BCUT2D eigenvalue weighted by Crippen LogP contribution is -2.57. The molecule has 1 heterocycles. The molecule has 194 valence electrons. The highest BCUT2D eigenvalue weighted by Crippen LogP contribution is 2.30. The third-order valence-corrected chi connectivity index (χ3v) is 6.43. The number of nitrogens with zero attached hydrogens (tertiary/aromatic N) is 2. The first kappa shape index (κ1) is 26.3. The SMILES string of the molecule is CCOc1ccc(C(=O)N2CC(=O)N(Cc3cccc(C(F)(F)F)c3)[C@@H](CCc3ccccc3)C2)cc1. The van der Waals surface area contributed by atoms with Gasteiger partial charge in [-0.1, -0.05) is 42.5 Å². The molecule has 1 atom stereocenters. The fourth-order valence-electron chi connectivity index (χ4n) is 4.56. The molecule has 0 aromatic heterocycles. The van der Waals surface area contributed by atoms with Crippen molar-refractivity contribution in [3.8, 4) is 5.75 Å². The number of hydrogen-bond acceptors (Lipinski definition) is 3. The van der Waals surface area contributed by atoms with Crippen LogP contribution in [0.1, 0.15) is 40.4 Å². The summed E-state index contributed by atoms with van der Waals surface area (Å²) in [5.41, 5.74) is 1.19. The van der Waals surface area contributed by atoms with Gasteiger partial charge in [-0.05, 0) is 67.3 Å². The molecular weight excluding hydrogens is 481 g/mol. The molecule has 0 N–H and O–H groups in total. The number of piperazine rings is 1. The Morgan fingerprint density at radius 3 is 2.35 bits per heavy atom. The van der Waals surface area contributed by atoms with Crippen LogP contribution in [0.15, 0.2) is 78.9 Å². The molecule has 3 aromatic carbocycles. The van der Waals surface area contributed by atoms with Gasteiger partial charge < -0.3 is 14.5 Å². The number of carbonyl (C=O) groups is 2. The number of halogens is 3. The van der Waals surface area contributed by atoms with Gasteiger partial charge in [0.2, 0.25) is 5.91 Å². The quantitative estimate of drug-likeness (QED) is 0.397. The smallest absolute Gasteiger partial charge is 0.416 e. The van der Waals surface area contributed by atoms with Crippen LogP contribution in [0.3, 0.4) is 0 Å². The summed E-state index contributed by atoms with van der Waals surface area (Å²) in [4.78, 5) is 29.7. The minimum absolute atomic E-state index is 0.0489. The van der Waals surface area contributed by atoms with Crippen LogP contribution < -0.4 is 4.74 Å². The predicted molar refractivity (Wildman–Crippen MR) is 134 cm³/mol. The zero-order valence-corrected chi connectivity index (χ0v) is 20.6. The molecule has 0 spiro atoms. The molecule has 5 nitrogen and oxygen atoms in total. The second-order valence-corrected chi connectivity index (χ2v) is 9.04. The predicted octanol–water partition coefficient (Wildman–Crippen LogP) is 5.59. The van der Waals surface area contributed by atoms with Gasteiger partial charge in [0.25, 0.3) is 5.91 Å². The fraction of sp³-hybridized carbons (Fsp3) is 0.310. The number of aryl methyl sites for hydroxylation is 1. The molecule has 4 rings (SSSR count). The molecule has 0 radical (unpaired) electrons. The summed E-state index contributed by atoms with van der Waals surface area (Å²) in [5.74, 6) is 0.0996. The van der Waals surface area contributed by atoms with Crippen molar-refractivity contribution in [2.45, 2.75) is 38.5 Å². The van der Waals surface area contributed by atoms with E-state index < -0.39 is 11.7 Å². The standard InChI is InChI=1S/C29H29F3N2O3/c1-2-37-26-15-12-23(13-16-26)28(36)33-19-25(14-11-21-7-4-3-5-8-21)34(27(35)20-33)18-22-9-6-10-24(17-22)29(30,31)32/h3-10,12-13,15-17,25H,2,11,14,18-20H2,1H3/t25-/m0/s1. The Bertz CT molecular complexity index is 1210. The summed E-state index contributed by atoms with van der Waals surface area (Å²) in [6.07, 6.45) is -3.22. The number of alkyl halides is 3. The van der Waals surface area contributed by atoms with Crippen LogP contribution in [0.5, 0.6) is 5.75 Å². The number of hydrogen-bond donors (Lipinski definition) is 0. The molecular formula is C29H29F3N2O3. The summed E-state index contributed by atoms with van der Waals surface area (Å²) >= 11 is 0. The molecule has 8 heteroatoms. The van der Waals surface area contributed by atoms with E-state index in [-0.39, 0.29) is 30.9 Å². The number of rotatable bonds is 8. The molecule has 37 heavy (non-hydrogen) atoms. The molecule has 0 bridgehead atoms. The maximum atomic E-state index is 13.3. The van der Waals surface area contributed by atoms with E-state index >= 15 is 0 Å². The van der Waals surface area contributed by atoms with Crippen molar-refractivity contribution in [1.29, 1.82) is 0 Å². The van der Waals surface area contributed by atoms with Gasteiger partial charge in [-0.2, -0.15) is 13.2 Å². The zero-order chi connectivity index (χ0) is 26.4. The van der Waals surface area contributed by atoms with Crippen LogP contribution >= 0.6 is 0 Å². The van der Waals surface area contributed by atoms with Crippen LogP contribution in [0.2, 0.25) is 0 Å². The third kappa shape index (κ3) is 6.70. The summed E-state index contributed by atoms with van der Waals surface area (Å²) < 4.78 is 45.2. The van der Waals surface area contributed by atoms with Crippen molar-refractivity contribution in [3.63, 3.8) is 0 Å². The maximum absolute atomic E-state index is 13.3. The largest absolute Gasteiger partial charge is 0.494 e. The van der Waals surface area contributed by atoms with E-state index in [0.29, 0.717) is 42.9 Å². The highest BCUT2D eigenvalue weighted by Gasteiger charge is 2.36. The van der Waals surface area contributed by atoms with Crippen LogP contribution in [-0.2, 0) is 23.9 Å². The Morgan fingerprint density at radius 1 is 0.973 bits per heavy atom. The summed E-state index contributed by atoms with van der Waals surface area (Å²) in [5, 5.41) is 0. The zero-order valence-electron chi connectivity index (χ0n) is 20.6. The van der Waals surface area contributed by atoms with Crippen molar-refractivity contribution < 1.29 is 27.5 Å². The van der Waals surface area contributed by atoms with Gasteiger partial charge in [-0.25, -0.2) is 0 Å². The number of amides is 2. The van der Waals surface area contributed by atoms with E-state index in [1.807, 2.05) is 37.3 Å². The highest BCUT2D eigenvalue weighted by atomic mass is 19.4. The Morgan fingerprint density at radius 2 is 1.68 bits per heavy atom. The van der Waals surface area contributed by atoms with Gasteiger partial charge in [0, 0.05) is 18.7 Å². The number of ether oxygens (including phenoxy) is 1. The first-order valence-electron chi connectivity index (χ1n) is 12.3. The normalized spacial score (nSPS) is 16.1. The first-order valence-corrected chi connectivity index (χ1v) is 12.3. The lowest BCUT2D eigenvalue weighted by molar-refractivity contribution is -0.139. The Kier molecular flexibility index (Phi) is 8.16. The lowest BCUT2D eigenvalue weighted by atomic mass is 9.99. The van der Waals surface area contributed by atoms with Gasteiger partial charge in [-0.3, -0.25) is 9.59 Å². The maximum Gasteiger partial charge on any atom is 0.416 e. The molecule has 0 unspecified atom stereocenters. The summed E-state index contributed by atoms with van der Waals surface area (Å²) in [6, 6.07) is 21.3. The van der Waals surface area contributed by atoms with E-state index in [0.717, 1.165) is 17.7 Å². The molecule has 1 saturated heterocycles. The van der Waals surface area contributed by atoms with Crippen molar-refractivity contribution in [2.24, 2.45) is 0 Å².